The Balaban J connectivity index is 3.42. The lowest BCUT2D eigenvalue weighted by Crippen LogP contribution is -2.48. The Morgan fingerprint density at radius 3 is 1.65 bits per heavy atom. The number of nitrogens with zero attached hydrogens (tertiary/aromatic N) is 2. The Morgan fingerprint density at radius 1 is 0.870 bits per heavy atom. The highest BCUT2D eigenvalue weighted by atomic mass is 16.8. The van der Waals surface area contributed by atoms with Gasteiger partial charge in [0, 0.05) is 33.8 Å². The molecule has 0 fully saturated rings. The molecule has 0 aliphatic heterocycles. The smallest absolute Gasteiger partial charge is 0.413 e. The van der Waals surface area contributed by atoms with Gasteiger partial charge in [-0.05, 0) is 0 Å². The van der Waals surface area contributed by atoms with Crippen LogP contribution in [0.4, 0.5) is 9.59 Å². The molecule has 0 aromatic heterocycles. The minimum absolute atomic E-state index is 0.150. The molecule has 0 spiro atoms. The first-order chi connectivity index (χ1) is 10.7. The maximum absolute atomic E-state index is 12.3. The van der Waals surface area contributed by atoms with Crippen molar-refractivity contribution in [1.29, 1.82) is 0 Å². The number of benzene rings is 1. The van der Waals surface area contributed by atoms with E-state index in [-0.39, 0.29) is 5.56 Å². The maximum atomic E-state index is 12.3. The van der Waals surface area contributed by atoms with Gasteiger partial charge in [0.05, 0.1) is 7.11 Å². The van der Waals surface area contributed by atoms with Crippen molar-refractivity contribution >= 4 is 18.2 Å². The SMILES string of the molecule is COC(=O)C(OC(=O)N(C)C)(OC(=O)N(C)C)c1ccccc1. The molecule has 126 valence electrons. The van der Waals surface area contributed by atoms with E-state index < -0.39 is 23.9 Å². The molecule has 0 aliphatic rings. The monoisotopic (exact) mass is 324 g/mol. The van der Waals surface area contributed by atoms with Gasteiger partial charge < -0.3 is 24.0 Å². The Bertz CT molecular complexity index is 549. The summed E-state index contributed by atoms with van der Waals surface area (Å²) in [5, 5.41) is 0. The fraction of sp³-hybridized carbons (Fsp3) is 0.400. The molecule has 0 aliphatic carbocycles. The van der Waals surface area contributed by atoms with Gasteiger partial charge in [-0.3, -0.25) is 0 Å². The molecule has 8 heteroatoms. The van der Waals surface area contributed by atoms with Crippen LogP contribution in [-0.2, 0) is 24.8 Å². The lowest BCUT2D eigenvalue weighted by molar-refractivity contribution is -0.214. The van der Waals surface area contributed by atoms with Crippen molar-refractivity contribution in [1.82, 2.24) is 9.80 Å². The van der Waals surface area contributed by atoms with Crippen molar-refractivity contribution in [3.05, 3.63) is 35.9 Å². The van der Waals surface area contributed by atoms with Crippen LogP contribution in [0, 0.1) is 0 Å². The van der Waals surface area contributed by atoms with Gasteiger partial charge in [-0.2, -0.15) is 0 Å². The summed E-state index contributed by atoms with van der Waals surface area (Å²) in [4.78, 5) is 38.5. The summed E-state index contributed by atoms with van der Waals surface area (Å²) in [6, 6.07) is 7.90. The molecule has 0 radical (unpaired) electrons. The first-order valence-electron chi connectivity index (χ1n) is 6.69. The molecule has 23 heavy (non-hydrogen) atoms. The molecule has 1 rings (SSSR count). The van der Waals surface area contributed by atoms with E-state index in [2.05, 4.69) is 0 Å². The summed E-state index contributed by atoms with van der Waals surface area (Å²) in [5.74, 6) is -3.37. The molecule has 0 atom stereocenters. The normalized spacial score (nSPS) is 10.5. The lowest BCUT2D eigenvalue weighted by Gasteiger charge is -2.31. The van der Waals surface area contributed by atoms with Gasteiger partial charge >= 0.3 is 23.9 Å². The second-order valence-electron chi connectivity index (χ2n) is 5.00. The van der Waals surface area contributed by atoms with E-state index in [1.165, 1.54) is 40.3 Å². The van der Waals surface area contributed by atoms with Crippen molar-refractivity contribution in [2.45, 2.75) is 5.79 Å². The molecule has 0 unspecified atom stereocenters. The summed E-state index contributed by atoms with van der Waals surface area (Å²) in [6.07, 6.45) is -1.74. The molecule has 0 saturated heterocycles. The van der Waals surface area contributed by atoms with E-state index in [1.54, 1.807) is 18.2 Å². The number of amides is 2. The number of carbonyl (C=O) groups is 3. The summed E-state index contributed by atoms with van der Waals surface area (Å²) in [5.41, 5.74) is 0.150. The van der Waals surface area contributed by atoms with Crippen molar-refractivity contribution in [2.75, 3.05) is 35.3 Å². The van der Waals surface area contributed by atoms with Crippen LogP contribution < -0.4 is 0 Å². The van der Waals surface area contributed by atoms with Crippen molar-refractivity contribution < 1.29 is 28.6 Å². The third kappa shape index (κ3) is 4.12. The second-order valence-corrected chi connectivity index (χ2v) is 5.00. The van der Waals surface area contributed by atoms with Crippen LogP contribution >= 0.6 is 0 Å². The Morgan fingerprint density at radius 2 is 1.30 bits per heavy atom. The summed E-state index contributed by atoms with van der Waals surface area (Å²) in [7, 11) is 6.84. The maximum Gasteiger partial charge on any atom is 0.413 e. The summed E-state index contributed by atoms with van der Waals surface area (Å²) < 4.78 is 15.1. The molecule has 8 nitrogen and oxygen atoms in total. The fourth-order valence-electron chi connectivity index (χ4n) is 1.56. The van der Waals surface area contributed by atoms with Gasteiger partial charge in [0.15, 0.2) is 0 Å². The molecule has 0 heterocycles. The average Bonchev–Trinajstić information content (AvgIpc) is 2.53. The molecular weight excluding hydrogens is 304 g/mol. The predicted molar refractivity (Wildman–Crippen MR) is 80.5 cm³/mol. The number of hydrogen-bond donors (Lipinski definition) is 0. The molecule has 1 aromatic rings. The van der Waals surface area contributed by atoms with E-state index >= 15 is 0 Å². The van der Waals surface area contributed by atoms with E-state index in [9.17, 15) is 14.4 Å². The lowest BCUT2D eigenvalue weighted by atomic mass is 10.1. The highest BCUT2D eigenvalue weighted by Gasteiger charge is 2.51. The molecule has 2 amide bonds. The zero-order valence-electron chi connectivity index (χ0n) is 13.7. The van der Waals surface area contributed by atoms with Gasteiger partial charge in [0.1, 0.15) is 0 Å². The summed E-state index contributed by atoms with van der Waals surface area (Å²) in [6.45, 7) is 0. The summed E-state index contributed by atoms with van der Waals surface area (Å²) >= 11 is 0. The third-order valence-corrected chi connectivity index (χ3v) is 2.80. The number of carbonyl (C=O) groups excluding carboxylic acids is 3. The van der Waals surface area contributed by atoms with Gasteiger partial charge in [0.25, 0.3) is 0 Å². The van der Waals surface area contributed by atoms with E-state index in [0.717, 1.165) is 16.9 Å². The largest absolute Gasteiger partial charge is 0.463 e. The van der Waals surface area contributed by atoms with Crippen LogP contribution in [0.1, 0.15) is 5.56 Å². The molecule has 0 N–H and O–H groups in total. The Kier molecular flexibility index (Phi) is 5.94. The van der Waals surface area contributed by atoms with Crippen molar-refractivity contribution in [3.63, 3.8) is 0 Å². The van der Waals surface area contributed by atoms with Gasteiger partial charge in [-0.25, -0.2) is 14.4 Å². The first kappa shape index (κ1) is 18.3. The quantitative estimate of drug-likeness (QED) is 0.615. The molecule has 0 bridgehead atoms. The number of rotatable bonds is 4. The van der Waals surface area contributed by atoms with Crippen LogP contribution in [0.5, 0.6) is 0 Å². The van der Waals surface area contributed by atoms with E-state index in [4.69, 9.17) is 14.2 Å². The van der Waals surface area contributed by atoms with Gasteiger partial charge in [-0.1, -0.05) is 30.3 Å². The Hall–Kier alpha value is -2.77. The molecular formula is C15H20N2O6. The van der Waals surface area contributed by atoms with E-state index in [1.807, 2.05) is 0 Å². The van der Waals surface area contributed by atoms with Crippen LogP contribution in [0.25, 0.3) is 0 Å². The first-order valence-corrected chi connectivity index (χ1v) is 6.69. The number of ether oxygens (including phenoxy) is 3. The highest BCUT2D eigenvalue weighted by molar-refractivity contribution is 5.85. The minimum Gasteiger partial charge on any atom is -0.463 e. The van der Waals surface area contributed by atoms with Crippen molar-refractivity contribution in [2.24, 2.45) is 0 Å². The average molecular weight is 324 g/mol. The number of hydrogen-bond acceptors (Lipinski definition) is 6. The van der Waals surface area contributed by atoms with E-state index in [0.29, 0.717) is 0 Å². The van der Waals surface area contributed by atoms with Crippen LogP contribution in [-0.4, -0.2) is 63.3 Å². The van der Waals surface area contributed by atoms with Crippen LogP contribution in [0.15, 0.2) is 30.3 Å². The van der Waals surface area contributed by atoms with Crippen LogP contribution in [0.3, 0.4) is 0 Å². The zero-order valence-corrected chi connectivity index (χ0v) is 13.7. The predicted octanol–water partition coefficient (Wildman–Crippen LogP) is 1.41. The standard InChI is InChI=1S/C15H20N2O6/c1-16(2)13(19)22-15(12(18)21-5,23-14(20)17(3)4)11-9-7-6-8-10-11/h6-10H,1-5H3. The van der Waals surface area contributed by atoms with Gasteiger partial charge in [-0.15, -0.1) is 0 Å². The Labute approximate surface area is 134 Å². The second kappa shape index (κ2) is 7.48. The zero-order chi connectivity index (χ0) is 17.6. The molecule has 0 saturated carbocycles. The number of esters is 1. The number of methoxy groups -OCH3 is 1. The van der Waals surface area contributed by atoms with Crippen molar-refractivity contribution in [3.8, 4) is 0 Å². The minimum atomic E-state index is -2.33. The molecule has 1 aromatic carbocycles. The fourth-order valence-corrected chi connectivity index (χ4v) is 1.56. The topological polar surface area (TPSA) is 85.4 Å². The van der Waals surface area contributed by atoms with Crippen LogP contribution in [0.2, 0.25) is 0 Å². The highest BCUT2D eigenvalue weighted by Crippen LogP contribution is 2.30. The van der Waals surface area contributed by atoms with Gasteiger partial charge in [0.2, 0.25) is 0 Å². The third-order valence-electron chi connectivity index (χ3n) is 2.80.